The second-order valence-electron chi connectivity index (χ2n) is 5.28. The zero-order valence-corrected chi connectivity index (χ0v) is 11.1. The van der Waals surface area contributed by atoms with Crippen molar-refractivity contribution in [3.8, 4) is 0 Å². The fourth-order valence-corrected chi connectivity index (χ4v) is 2.12. The van der Waals surface area contributed by atoms with Gasteiger partial charge in [-0.25, -0.2) is 4.79 Å². The van der Waals surface area contributed by atoms with Crippen molar-refractivity contribution in [3.63, 3.8) is 0 Å². The van der Waals surface area contributed by atoms with Crippen LogP contribution in [0.25, 0.3) is 0 Å². The second-order valence-corrected chi connectivity index (χ2v) is 5.28. The van der Waals surface area contributed by atoms with Crippen molar-refractivity contribution in [2.45, 2.75) is 58.1 Å². The number of aliphatic carboxylic acids is 1. The third-order valence-electron chi connectivity index (χ3n) is 3.03. The number of nitrogens with one attached hydrogen (secondary N) is 1. The molecule has 0 radical (unpaired) electrons. The smallest absolute Gasteiger partial charge is 0.326 e. The van der Waals surface area contributed by atoms with Gasteiger partial charge in [-0.3, -0.25) is 4.79 Å². The fourth-order valence-electron chi connectivity index (χ4n) is 2.12. The minimum absolute atomic E-state index is 0.0488. The molecule has 0 saturated carbocycles. The van der Waals surface area contributed by atoms with Gasteiger partial charge in [-0.2, -0.15) is 0 Å². The number of carbonyl (C=O) groups excluding carboxylic acids is 1. The molecule has 5 nitrogen and oxygen atoms in total. The van der Waals surface area contributed by atoms with Gasteiger partial charge in [-0.05, 0) is 31.6 Å². The Labute approximate surface area is 108 Å². The molecule has 1 amide bonds. The number of rotatable bonds is 6. The largest absolute Gasteiger partial charge is 0.480 e. The molecule has 18 heavy (non-hydrogen) atoms. The topological polar surface area (TPSA) is 75.6 Å². The zero-order valence-electron chi connectivity index (χ0n) is 11.1. The summed E-state index contributed by atoms with van der Waals surface area (Å²) >= 11 is 0. The first-order valence-electron chi connectivity index (χ1n) is 6.62. The van der Waals surface area contributed by atoms with E-state index < -0.39 is 12.0 Å². The van der Waals surface area contributed by atoms with Gasteiger partial charge in [0, 0.05) is 6.61 Å². The van der Waals surface area contributed by atoms with E-state index in [1.165, 1.54) is 0 Å². The highest BCUT2D eigenvalue weighted by Crippen LogP contribution is 2.15. The molecule has 1 aliphatic rings. The quantitative estimate of drug-likeness (QED) is 0.757. The van der Waals surface area contributed by atoms with Gasteiger partial charge in [-0.15, -0.1) is 0 Å². The van der Waals surface area contributed by atoms with Gasteiger partial charge in [0.25, 0.3) is 0 Å². The highest BCUT2D eigenvalue weighted by Gasteiger charge is 2.23. The highest BCUT2D eigenvalue weighted by atomic mass is 16.5. The highest BCUT2D eigenvalue weighted by molar-refractivity contribution is 5.83. The van der Waals surface area contributed by atoms with Crippen LogP contribution in [0, 0.1) is 5.92 Å². The molecule has 1 saturated heterocycles. The molecular formula is C13H23NO4. The molecule has 2 N–H and O–H groups in total. The first-order chi connectivity index (χ1) is 8.49. The van der Waals surface area contributed by atoms with E-state index in [4.69, 9.17) is 9.84 Å². The van der Waals surface area contributed by atoms with Gasteiger partial charge in [0.2, 0.25) is 5.91 Å². The van der Waals surface area contributed by atoms with Crippen molar-refractivity contribution in [1.82, 2.24) is 5.32 Å². The number of hydrogen-bond donors (Lipinski definition) is 2. The lowest BCUT2D eigenvalue weighted by Crippen LogP contribution is -2.43. The third kappa shape index (κ3) is 5.49. The van der Waals surface area contributed by atoms with Crippen LogP contribution in [-0.4, -0.2) is 35.7 Å². The molecule has 104 valence electrons. The molecule has 5 heteroatoms. The lowest BCUT2D eigenvalue weighted by Gasteiger charge is -2.23. The van der Waals surface area contributed by atoms with Gasteiger partial charge < -0.3 is 15.2 Å². The summed E-state index contributed by atoms with van der Waals surface area (Å²) in [5.41, 5.74) is 0. The zero-order chi connectivity index (χ0) is 13.5. The summed E-state index contributed by atoms with van der Waals surface area (Å²) in [6.07, 6.45) is 3.67. The van der Waals surface area contributed by atoms with Crippen molar-refractivity contribution in [2.75, 3.05) is 6.61 Å². The summed E-state index contributed by atoms with van der Waals surface area (Å²) in [5, 5.41) is 11.6. The number of carboxylic acid groups (broad SMARTS) is 1. The van der Waals surface area contributed by atoms with E-state index in [9.17, 15) is 9.59 Å². The van der Waals surface area contributed by atoms with Gasteiger partial charge in [0.1, 0.15) is 6.04 Å². The molecular weight excluding hydrogens is 234 g/mol. The molecule has 0 spiro atoms. The van der Waals surface area contributed by atoms with Gasteiger partial charge >= 0.3 is 5.97 Å². The van der Waals surface area contributed by atoms with Crippen LogP contribution >= 0.6 is 0 Å². The van der Waals surface area contributed by atoms with Crippen LogP contribution in [0.1, 0.15) is 46.0 Å². The first-order valence-corrected chi connectivity index (χ1v) is 6.62. The van der Waals surface area contributed by atoms with Crippen LogP contribution in [0.15, 0.2) is 0 Å². The Morgan fingerprint density at radius 2 is 2.11 bits per heavy atom. The molecule has 0 aliphatic carbocycles. The minimum Gasteiger partial charge on any atom is -0.480 e. The van der Waals surface area contributed by atoms with Crippen LogP contribution in [0.5, 0.6) is 0 Å². The summed E-state index contributed by atoms with van der Waals surface area (Å²) < 4.78 is 5.46. The van der Waals surface area contributed by atoms with Crippen LogP contribution in [0.2, 0.25) is 0 Å². The predicted octanol–water partition coefficient (Wildman–Crippen LogP) is 1.56. The Hall–Kier alpha value is -1.10. The normalized spacial score (nSPS) is 21.6. The Balaban J connectivity index is 2.37. The molecule has 0 aromatic carbocycles. The standard InChI is InChI=1S/C13H23NO4/c1-9(2)7-11(13(16)17)14-12(15)8-10-5-3-4-6-18-10/h9-11H,3-8H2,1-2H3,(H,14,15)(H,16,17)/t10?,11-/m0/s1. The summed E-state index contributed by atoms with van der Waals surface area (Å²) in [6.45, 7) is 4.57. The number of hydrogen-bond acceptors (Lipinski definition) is 3. The van der Waals surface area contributed by atoms with Crippen molar-refractivity contribution >= 4 is 11.9 Å². The van der Waals surface area contributed by atoms with E-state index in [2.05, 4.69) is 5.32 Å². The van der Waals surface area contributed by atoms with Gasteiger partial charge in [0.15, 0.2) is 0 Å². The minimum atomic E-state index is -0.971. The van der Waals surface area contributed by atoms with Crippen LogP contribution < -0.4 is 5.32 Å². The van der Waals surface area contributed by atoms with Crippen LogP contribution in [0.4, 0.5) is 0 Å². The number of ether oxygens (including phenoxy) is 1. The second kappa shape index (κ2) is 7.36. The lowest BCUT2D eigenvalue weighted by molar-refractivity contribution is -0.142. The summed E-state index contributed by atoms with van der Waals surface area (Å²) in [7, 11) is 0. The Kier molecular flexibility index (Phi) is 6.12. The summed E-state index contributed by atoms with van der Waals surface area (Å²) in [5.74, 6) is -0.964. The van der Waals surface area contributed by atoms with Gasteiger partial charge in [-0.1, -0.05) is 13.8 Å². The molecule has 1 unspecified atom stereocenters. The molecule has 0 bridgehead atoms. The molecule has 1 rings (SSSR count). The van der Waals surface area contributed by atoms with E-state index >= 15 is 0 Å². The first kappa shape index (κ1) is 15.0. The van der Waals surface area contributed by atoms with Crippen molar-refractivity contribution < 1.29 is 19.4 Å². The van der Waals surface area contributed by atoms with E-state index in [-0.39, 0.29) is 24.3 Å². The van der Waals surface area contributed by atoms with E-state index in [1.54, 1.807) is 0 Å². The van der Waals surface area contributed by atoms with E-state index in [0.717, 1.165) is 19.3 Å². The molecule has 1 fully saturated rings. The average Bonchev–Trinajstić information content (AvgIpc) is 2.28. The molecule has 0 aromatic rings. The maximum Gasteiger partial charge on any atom is 0.326 e. The molecule has 1 aliphatic heterocycles. The van der Waals surface area contributed by atoms with Crippen LogP contribution in [0.3, 0.4) is 0 Å². The Bertz CT molecular complexity index is 285. The van der Waals surface area contributed by atoms with Gasteiger partial charge in [0.05, 0.1) is 12.5 Å². The maximum absolute atomic E-state index is 11.8. The van der Waals surface area contributed by atoms with Crippen LogP contribution in [-0.2, 0) is 14.3 Å². The van der Waals surface area contributed by atoms with Crippen molar-refractivity contribution in [2.24, 2.45) is 5.92 Å². The summed E-state index contributed by atoms with van der Waals surface area (Å²) in [6, 6.07) is -0.791. The molecule has 0 aromatic heterocycles. The Morgan fingerprint density at radius 1 is 1.39 bits per heavy atom. The Morgan fingerprint density at radius 3 is 2.61 bits per heavy atom. The average molecular weight is 257 g/mol. The molecule has 2 atom stereocenters. The number of carboxylic acids is 1. The number of amides is 1. The maximum atomic E-state index is 11.8. The third-order valence-corrected chi connectivity index (χ3v) is 3.03. The van der Waals surface area contributed by atoms with E-state index in [1.807, 2.05) is 13.8 Å². The van der Waals surface area contributed by atoms with E-state index in [0.29, 0.717) is 13.0 Å². The predicted molar refractivity (Wildman–Crippen MR) is 67.2 cm³/mol. The summed E-state index contributed by atoms with van der Waals surface area (Å²) in [4.78, 5) is 22.8. The fraction of sp³-hybridized carbons (Fsp3) is 0.846. The monoisotopic (exact) mass is 257 g/mol. The number of carbonyl (C=O) groups is 2. The SMILES string of the molecule is CC(C)C[C@H](NC(=O)CC1CCCCO1)C(=O)O. The van der Waals surface area contributed by atoms with Crippen molar-refractivity contribution in [3.05, 3.63) is 0 Å². The lowest BCUT2D eigenvalue weighted by atomic mass is 10.0. The van der Waals surface area contributed by atoms with Crippen molar-refractivity contribution in [1.29, 1.82) is 0 Å². The molecule has 1 heterocycles.